The monoisotopic (exact) mass is 213 g/mol. The molecule has 88 valence electrons. The zero-order valence-electron chi connectivity index (χ0n) is 9.91. The number of carbonyl (C=O) groups excluding carboxylic acids is 1. The highest BCUT2D eigenvalue weighted by molar-refractivity contribution is 5.74. The molecule has 0 bridgehead atoms. The highest BCUT2D eigenvalue weighted by Crippen LogP contribution is 2.17. The number of likely N-dealkylation sites (tertiary alicyclic amines) is 1. The van der Waals surface area contributed by atoms with Crippen LogP contribution in [0, 0.1) is 0 Å². The third-order valence-electron chi connectivity index (χ3n) is 3.18. The highest BCUT2D eigenvalue weighted by Gasteiger charge is 2.27. The van der Waals surface area contributed by atoms with Crippen molar-refractivity contribution in [2.45, 2.75) is 39.2 Å². The van der Waals surface area contributed by atoms with Crippen LogP contribution in [-0.2, 0) is 0 Å². The molecule has 0 aromatic rings. The van der Waals surface area contributed by atoms with Gasteiger partial charge in [0.2, 0.25) is 0 Å². The Balaban J connectivity index is 2.62. The summed E-state index contributed by atoms with van der Waals surface area (Å²) in [6.45, 7) is 7.06. The quantitative estimate of drug-likeness (QED) is 0.767. The smallest absolute Gasteiger partial charge is 0.320 e. The van der Waals surface area contributed by atoms with Crippen LogP contribution in [-0.4, -0.2) is 48.1 Å². The van der Waals surface area contributed by atoms with Crippen molar-refractivity contribution in [2.24, 2.45) is 5.73 Å². The molecule has 0 aliphatic carbocycles. The Bertz CT molecular complexity index is 204. The Labute approximate surface area is 92.4 Å². The van der Waals surface area contributed by atoms with E-state index in [4.69, 9.17) is 5.73 Å². The van der Waals surface area contributed by atoms with E-state index < -0.39 is 0 Å². The second-order valence-corrected chi connectivity index (χ2v) is 4.03. The molecule has 0 saturated carbocycles. The number of hydrogen-bond donors (Lipinski definition) is 1. The number of hydrogen-bond acceptors (Lipinski definition) is 2. The van der Waals surface area contributed by atoms with Crippen molar-refractivity contribution >= 4 is 6.03 Å². The first kappa shape index (κ1) is 12.3. The van der Waals surface area contributed by atoms with Crippen LogP contribution >= 0.6 is 0 Å². The van der Waals surface area contributed by atoms with Gasteiger partial charge in [-0.1, -0.05) is 0 Å². The number of rotatable bonds is 3. The highest BCUT2D eigenvalue weighted by atomic mass is 16.2. The summed E-state index contributed by atoms with van der Waals surface area (Å²) in [6, 6.07) is 0.419. The lowest BCUT2D eigenvalue weighted by atomic mass is 10.0. The van der Waals surface area contributed by atoms with Gasteiger partial charge in [-0.3, -0.25) is 0 Å². The molecule has 0 spiro atoms. The Morgan fingerprint density at radius 1 is 1.40 bits per heavy atom. The summed E-state index contributed by atoms with van der Waals surface area (Å²) in [5.41, 5.74) is 5.70. The maximum atomic E-state index is 12.1. The second-order valence-electron chi connectivity index (χ2n) is 4.03. The van der Waals surface area contributed by atoms with E-state index in [0.717, 1.165) is 32.5 Å². The molecule has 4 nitrogen and oxygen atoms in total. The fourth-order valence-electron chi connectivity index (χ4n) is 2.17. The number of piperidine rings is 1. The molecule has 2 N–H and O–H groups in total. The Morgan fingerprint density at radius 2 is 2.07 bits per heavy atom. The minimum Gasteiger partial charge on any atom is -0.328 e. The summed E-state index contributed by atoms with van der Waals surface area (Å²) in [6.07, 6.45) is 3.37. The predicted molar refractivity (Wildman–Crippen MR) is 61.7 cm³/mol. The molecule has 1 atom stereocenters. The fourth-order valence-corrected chi connectivity index (χ4v) is 2.17. The summed E-state index contributed by atoms with van der Waals surface area (Å²) < 4.78 is 0. The predicted octanol–water partition coefficient (Wildman–Crippen LogP) is 1.26. The number of nitrogens with zero attached hydrogens (tertiary/aromatic N) is 2. The van der Waals surface area contributed by atoms with E-state index in [1.54, 1.807) is 0 Å². The van der Waals surface area contributed by atoms with E-state index in [0.29, 0.717) is 6.54 Å². The van der Waals surface area contributed by atoms with Crippen molar-refractivity contribution in [2.75, 3.05) is 26.2 Å². The van der Waals surface area contributed by atoms with E-state index in [-0.39, 0.29) is 12.1 Å². The maximum Gasteiger partial charge on any atom is 0.320 e. The summed E-state index contributed by atoms with van der Waals surface area (Å²) in [7, 11) is 0. The third-order valence-corrected chi connectivity index (χ3v) is 3.18. The lowest BCUT2D eigenvalue weighted by molar-refractivity contribution is 0.121. The van der Waals surface area contributed by atoms with Crippen LogP contribution in [0.4, 0.5) is 4.79 Å². The van der Waals surface area contributed by atoms with Gasteiger partial charge in [0.1, 0.15) is 0 Å². The molecular weight excluding hydrogens is 190 g/mol. The summed E-state index contributed by atoms with van der Waals surface area (Å²) >= 11 is 0. The van der Waals surface area contributed by atoms with Gasteiger partial charge in [-0.25, -0.2) is 4.79 Å². The Morgan fingerprint density at radius 3 is 2.60 bits per heavy atom. The van der Waals surface area contributed by atoms with Gasteiger partial charge in [0.15, 0.2) is 0 Å². The van der Waals surface area contributed by atoms with Crippen LogP contribution in [0.1, 0.15) is 33.1 Å². The van der Waals surface area contributed by atoms with E-state index in [1.807, 2.05) is 23.6 Å². The molecule has 4 heteroatoms. The van der Waals surface area contributed by atoms with E-state index in [2.05, 4.69) is 0 Å². The van der Waals surface area contributed by atoms with Gasteiger partial charge in [0, 0.05) is 32.2 Å². The van der Waals surface area contributed by atoms with Crippen LogP contribution in [0.3, 0.4) is 0 Å². The standard InChI is InChI=1S/C11H23N3O/c1-3-13(4-2)11(15)14-8-6-5-7-10(14)9-12/h10H,3-9,12H2,1-2H3. The second kappa shape index (κ2) is 5.95. The number of amides is 2. The molecule has 1 saturated heterocycles. The molecular formula is C11H23N3O. The molecule has 0 radical (unpaired) electrons. The van der Waals surface area contributed by atoms with Gasteiger partial charge in [0.25, 0.3) is 0 Å². The summed E-state index contributed by atoms with van der Waals surface area (Å²) in [5, 5.41) is 0. The normalized spacial score (nSPS) is 21.5. The first-order valence-corrected chi connectivity index (χ1v) is 6.00. The van der Waals surface area contributed by atoms with Crippen LogP contribution < -0.4 is 5.73 Å². The van der Waals surface area contributed by atoms with Gasteiger partial charge >= 0.3 is 6.03 Å². The molecule has 1 rings (SSSR count). The zero-order valence-corrected chi connectivity index (χ0v) is 9.91. The molecule has 2 amide bonds. The maximum absolute atomic E-state index is 12.1. The van der Waals surface area contributed by atoms with E-state index >= 15 is 0 Å². The molecule has 1 aliphatic heterocycles. The van der Waals surface area contributed by atoms with Gasteiger partial charge in [-0.05, 0) is 33.1 Å². The third kappa shape index (κ3) is 2.84. The van der Waals surface area contributed by atoms with Crippen molar-refractivity contribution in [1.82, 2.24) is 9.80 Å². The van der Waals surface area contributed by atoms with Crippen molar-refractivity contribution in [3.63, 3.8) is 0 Å². The van der Waals surface area contributed by atoms with Gasteiger partial charge < -0.3 is 15.5 Å². The van der Waals surface area contributed by atoms with Crippen LogP contribution in [0.5, 0.6) is 0 Å². The zero-order chi connectivity index (χ0) is 11.3. The molecule has 1 aliphatic rings. The summed E-state index contributed by atoms with van der Waals surface area (Å²) in [5.74, 6) is 0. The number of urea groups is 1. The van der Waals surface area contributed by atoms with Crippen molar-refractivity contribution < 1.29 is 4.79 Å². The SMILES string of the molecule is CCN(CC)C(=O)N1CCCCC1CN. The lowest BCUT2D eigenvalue weighted by Crippen LogP contribution is -2.52. The minimum atomic E-state index is 0.162. The average Bonchev–Trinajstić information content (AvgIpc) is 2.30. The number of nitrogens with two attached hydrogens (primary N) is 1. The molecule has 1 fully saturated rings. The average molecular weight is 213 g/mol. The molecule has 15 heavy (non-hydrogen) atoms. The van der Waals surface area contributed by atoms with E-state index in [9.17, 15) is 4.79 Å². The van der Waals surface area contributed by atoms with Gasteiger partial charge in [-0.2, -0.15) is 0 Å². The summed E-state index contributed by atoms with van der Waals surface area (Å²) in [4.78, 5) is 15.9. The van der Waals surface area contributed by atoms with E-state index in [1.165, 1.54) is 6.42 Å². The van der Waals surface area contributed by atoms with Gasteiger partial charge in [-0.15, -0.1) is 0 Å². The Hall–Kier alpha value is -0.770. The fraction of sp³-hybridized carbons (Fsp3) is 0.909. The molecule has 1 unspecified atom stereocenters. The first-order chi connectivity index (χ1) is 7.24. The molecule has 0 aromatic carbocycles. The Kier molecular flexibility index (Phi) is 4.88. The minimum absolute atomic E-state index is 0.162. The van der Waals surface area contributed by atoms with Crippen molar-refractivity contribution in [3.05, 3.63) is 0 Å². The van der Waals surface area contributed by atoms with Gasteiger partial charge in [0.05, 0.1) is 0 Å². The van der Waals surface area contributed by atoms with Crippen LogP contribution in [0.15, 0.2) is 0 Å². The molecule has 0 aromatic heterocycles. The van der Waals surface area contributed by atoms with Crippen molar-refractivity contribution in [3.8, 4) is 0 Å². The van der Waals surface area contributed by atoms with Crippen molar-refractivity contribution in [1.29, 1.82) is 0 Å². The van der Waals surface area contributed by atoms with Crippen LogP contribution in [0.2, 0.25) is 0 Å². The molecule has 1 heterocycles. The largest absolute Gasteiger partial charge is 0.328 e. The first-order valence-electron chi connectivity index (χ1n) is 6.00. The topological polar surface area (TPSA) is 49.6 Å². The number of carbonyl (C=O) groups is 1. The van der Waals surface area contributed by atoms with Crippen LogP contribution in [0.25, 0.3) is 0 Å². The lowest BCUT2D eigenvalue weighted by Gasteiger charge is -2.38.